The molecular weight excluding hydrogens is 162 g/mol. The van der Waals surface area contributed by atoms with Crippen molar-refractivity contribution in [3.05, 3.63) is 33.7 Å². The minimum atomic E-state index is 0.103. The molecule has 0 aliphatic rings. The number of aromatic amines is 1. The molecule has 0 atom stereocenters. The standard InChI is InChI=1S/C11H17NO/c1-7(2)10-5-9(13)6-11(12-10)8(3)4/h5-8H,1-4H3,(H,12,13). The number of nitrogens with one attached hydrogen (secondary N) is 1. The second kappa shape index (κ2) is 3.77. The van der Waals surface area contributed by atoms with Crippen LogP contribution in [0.1, 0.15) is 50.9 Å². The third-order valence-corrected chi connectivity index (χ3v) is 2.13. The summed E-state index contributed by atoms with van der Waals surface area (Å²) < 4.78 is 0. The van der Waals surface area contributed by atoms with Gasteiger partial charge in [0.25, 0.3) is 0 Å². The summed E-state index contributed by atoms with van der Waals surface area (Å²) in [6.07, 6.45) is 0. The first-order valence-electron chi connectivity index (χ1n) is 4.75. The molecule has 13 heavy (non-hydrogen) atoms. The van der Waals surface area contributed by atoms with Gasteiger partial charge in [-0.15, -0.1) is 0 Å². The molecule has 0 aliphatic heterocycles. The molecule has 1 N–H and O–H groups in total. The number of rotatable bonds is 2. The highest BCUT2D eigenvalue weighted by molar-refractivity contribution is 5.16. The van der Waals surface area contributed by atoms with E-state index >= 15 is 0 Å². The van der Waals surface area contributed by atoms with Gasteiger partial charge in [0.15, 0.2) is 5.43 Å². The molecule has 0 radical (unpaired) electrons. The number of aromatic nitrogens is 1. The van der Waals surface area contributed by atoms with Gasteiger partial charge >= 0.3 is 0 Å². The van der Waals surface area contributed by atoms with E-state index < -0.39 is 0 Å². The van der Waals surface area contributed by atoms with E-state index in [9.17, 15) is 4.79 Å². The molecule has 0 saturated carbocycles. The first kappa shape index (κ1) is 10.0. The summed E-state index contributed by atoms with van der Waals surface area (Å²) >= 11 is 0. The fraction of sp³-hybridized carbons (Fsp3) is 0.545. The Hall–Kier alpha value is -1.05. The largest absolute Gasteiger partial charge is 0.362 e. The van der Waals surface area contributed by atoms with Gasteiger partial charge in [-0.25, -0.2) is 0 Å². The van der Waals surface area contributed by atoms with Crippen LogP contribution in [0.25, 0.3) is 0 Å². The quantitative estimate of drug-likeness (QED) is 0.743. The fourth-order valence-electron chi connectivity index (χ4n) is 1.21. The van der Waals surface area contributed by atoms with Crippen LogP contribution in [0.3, 0.4) is 0 Å². The molecule has 0 aliphatic carbocycles. The lowest BCUT2D eigenvalue weighted by Crippen LogP contribution is -2.08. The third-order valence-electron chi connectivity index (χ3n) is 2.13. The predicted octanol–water partition coefficient (Wildman–Crippen LogP) is 2.62. The Kier molecular flexibility index (Phi) is 2.91. The Morgan fingerprint density at radius 1 is 1.00 bits per heavy atom. The van der Waals surface area contributed by atoms with Crippen molar-refractivity contribution in [2.24, 2.45) is 0 Å². The smallest absolute Gasteiger partial charge is 0.182 e. The van der Waals surface area contributed by atoms with E-state index in [0.717, 1.165) is 11.4 Å². The predicted molar refractivity (Wildman–Crippen MR) is 55.2 cm³/mol. The molecule has 1 rings (SSSR count). The van der Waals surface area contributed by atoms with Crippen LogP contribution in [0.15, 0.2) is 16.9 Å². The van der Waals surface area contributed by atoms with E-state index in [0.29, 0.717) is 11.8 Å². The van der Waals surface area contributed by atoms with E-state index in [-0.39, 0.29) is 5.43 Å². The summed E-state index contributed by atoms with van der Waals surface area (Å²) in [5.74, 6) is 0.762. The Morgan fingerprint density at radius 3 is 1.69 bits per heavy atom. The van der Waals surface area contributed by atoms with Crippen molar-refractivity contribution in [2.75, 3.05) is 0 Å². The lowest BCUT2D eigenvalue weighted by Gasteiger charge is -2.10. The van der Waals surface area contributed by atoms with Crippen molar-refractivity contribution >= 4 is 0 Å². The van der Waals surface area contributed by atoms with Gasteiger partial charge in [-0.05, 0) is 11.8 Å². The van der Waals surface area contributed by atoms with Crippen LogP contribution < -0.4 is 5.43 Å². The summed E-state index contributed by atoms with van der Waals surface area (Å²) in [4.78, 5) is 14.6. The van der Waals surface area contributed by atoms with Gasteiger partial charge in [-0.2, -0.15) is 0 Å². The molecule has 0 bridgehead atoms. The molecule has 2 nitrogen and oxygen atoms in total. The molecule has 0 aromatic carbocycles. The summed E-state index contributed by atoms with van der Waals surface area (Å²) in [5.41, 5.74) is 2.15. The van der Waals surface area contributed by atoms with Crippen molar-refractivity contribution in [3.8, 4) is 0 Å². The molecule has 0 saturated heterocycles. The number of pyridine rings is 1. The van der Waals surface area contributed by atoms with Crippen molar-refractivity contribution in [1.82, 2.24) is 4.98 Å². The third kappa shape index (κ3) is 2.44. The number of hydrogen-bond acceptors (Lipinski definition) is 1. The van der Waals surface area contributed by atoms with Crippen molar-refractivity contribution in [3.63, 3.8) is 0 Å². The minimum Gasteiger partial charge on any atom is -0.362 e. The van der Waals surface area contributed by atoms with Gasteiger partial charge in [0.05, 0.1) is 0 Å². The molecule has 1 aromatic heterocycles. The second-order valence-corrected chi connectivity index (χ2v) is 4.04. The molecule has 0 amide bonds. The maximum absolute atomic E-state index is 11.3. The Morgan fingerprint density at radius 2 is 1.38 bits per heavy atom. The first-order valence-corrected chi connectivity index (χ1v) is 4.75. The Bertz CT molecular complexity index is 307. The SMILES string of the molecule is CC(C)c1cc(=O)cc(C(C)C)[nH]1. The van der Waals surface area contributed by atoms with Crippen molar-refractivity contribution in [1.29, 1.82) is 0 Å². The van der Waals surface area contributed by atoms with Gasteiger partial charge < -0.3 is 4.98 Å². The lowest BCUT2D eigenvalue weighted by molar-refractivity contribution is 0.762. The average Bonchev–Trinajstić information content (AvgIpc) is 2.03. The topological polar surface area (TPSA) is 32.9 Å². The van der Waals surface area contributed by atoms with Crippen molar-refractivity contribution < 1.29 is 0 Å². The van der Waals surface area contributed by atoms with Gasteiger partial charge in [0, 0.05) is 23.5 Å². The van der Waals surface area contributed by atoms with Crippen LogP contribution in [-0.2, 0) is 0 Å². The summed E-state index contributed by atoms with van der Waals surface area (Å²) in [6, 6.07) is 3.35. The van der Waals surface area contributed by atoms with Crippen LogP contribution in [-0.4, -0.2) is 4.98 Å². The van der Waals surface area contributed by atoms with Gasteiger partial charge in [0.2, 0.25) is 0 Å². The van der Waals surface area contributed by atoms with E-state index in [2.05, 4.69) is 32.7 Å². The zero-order valence-electron chi connectivity index (χ0n) is 8.72. The van der Waals surface area contributed by atoms with E-state index in [4.69, 9.17) is 0 Å². The van der Waals surface area contributed by atoms with E-state index in [1.165, 1.54) is 0 Å². The van der Waals surface area contributed by atoms with E-state index in [1.807, 2.05) is 0 Å². The van der Waals surface area contributed by atoms with Gasteiger partial charge in [-0.1, -0.05) is 27.7 Å². The van der Waals surface area contributed by atoms with E-state index in [1.54, 1.807) is 12.1 Å². The summed E-state index contributed by atoms with van der Waals surface area (Å²) in [5, 5.41) is 0. The summed E-state index contributed by atoms with van der Waals surface area (Å²) in [6.45, 7) is 8.32. The van der Waals surface area contributed by atoms with Gasteiger partial charge in [-0.3, -0.25) is 4.79 Å². The maximum Gasteiger partial charge on any atom is 0.182 e. The number of hydrogen-bond donors (Lipinski definition) is 1. The van der Waals surface area contributed by atoms with Crippen LogP contribution >= 0.6 is 0 Å². The Balaban J connectivity index is 3.19. The number of H-pyrrole nitrogens is 1. The van der Waals surface area contributed by atoms with Crippen LogP contribution in [0.5, 0.6) is 0 Å². The lowest BCUT2D eigenvalue weighted by atomic mass is 10.1. The summed E-state index contributed by atoms with van der Waals surface area (Å²) in [7, 11) is 0. The molecular formula is C11H17NO. The highest BCUT2D eigenvalue weighted by Crippen LogP contribution is 2.14. The average molecular weight is 179 g/mol. The van der Waals surface area contributed by atoms with Crippen molar-refractivity contribution in [2.45, 2.75) is 39.5 Å². The zero-order chi connectivity index (χ0) is 10.0. The van der Waals surface area contributed by atoms with Crippen LogP contribution in [0.4, 0.5) is 0 Å². The normalized spacial score (nSPS) is 11.2. The molecule has 0 spiro atoms. The molecule has 0 unspecified atom stereocenters. The zero-order valence-corrected chi connectivity index (χ0v) is 8.72. The monoisotopic (exact) mass is 179 g/mol. The molecule has 1 heterocycles. The molecule has 1 aromatic rings. The Labute approximate surface area is 79.0 Å². The first-order chi connectivity index (χ1) is 6.00. The molecule has 2 heteroatoms. The highest BCUT2D eigenvalue weighted by Gasteiger charge is 2.05. The maximum atomic E-state index is 11.3. The van der Waals surface area contributed by atoms with Crippen LogP contribution in [0, 0.1) is 0 Å². The highest BCUT2D eigenvalue weighted by atomic mass is 16.1. The molecule has 72 valence electrons. The van der Waals surface area contributed by atoms with Gasteiger partial charge in [0.1, 0.15) is 0 Å². The van der Waals surface area contributed by atoms with Crippen LogP contribution in [0.2, 0.25) is 0 Å². The fourth-order valence-corrected chi connectivity index (χ4v) is 1.21. The second-order valence-electron chi connectivity index (χ2n) is 4.04. The minimum absolute atomic E-state index is 0.103. The molecule has 0 fully saturated rings.